The van der Waals surface area contributed by atoms with Crippen LogP contribution in [0.15, 0.2) is 28.8 Å². The van der Waals surface area contributed by atoms with Gasteiger partial charge in [-0.05, 0) is 44.2 Å². The molecular formula is C17H23ClN4O3. The summed E-state index contributed by atoms with van der Waals surface area (Å²) in [6.07, 6.45) is 2.26. The zero-order valence-corrected chi connectivity index (χ0v) is 15.1. The van der Waals surface area contributed by atoms with Gasteiger partial charge in [0.2, 0.25) is 17.6 Å². The number of halogens is 1. The van der Waals surface area contributed by atoms with Crippen molar-refractivity contribution in [2.24, 2.45) is 5.92 Å². The zero-order chi connectivity index (χ0) is 16.9. The molecule has 1 saturated carbocycles. The van der Waals surface area contributed by atoms with Crippen molar-refractivity contribution >= 4 is 24.0 Å². The summed E-state index contributed by atoms with van der Waals surface area (Å²) in [5.41, 5.74) is 0.742. The topological polar surface area (TPSA) is 89.3 Å². The molecule has 1 aromatic heterocycles. The molecule has 0 spiro atoms. The minimum Gasteiger partial charge on any atom is -0.485 e. The molecule has 1 fully saturated rings. The number of rotatable bonds is 8. The van der Waals surface area contributed by atoms with Crippen molar-refractivity contribution in [2.75, 3.05) is 18.9 Å². The van der Waals surface area contributed by atoms with E-state index in [2.05, 4.69) is 20.8 Å². The molecule has 3 rings (SSSR count). The number of nitrogens with zero attached hydrogens (tertiary/aromatic N) is 2. The molecule has 136 valence electrons. The van der Waals surface area contributed by atoms with Gasteiger partial charge in [-0.25, -0.2) is 0 Å². The normalized spacial score (nSPS) is 14.5. The lowest BCUT2D eigenvalue weighted by molar-refractivity contribution is -0.119. The first-order valence-electron chi connectivity index (χ1n) is 8.16. The third kappa shape index (κ3) is 5.44. The molecule has 8 heteroatoms. The Kier molecular flexibility index (Phi) is 6.78. The highest BCUT2D eigenvalue weighted by Gasteiger charge is 2.29. The largest absolute Gasteiger partial charge is 0.485 e. The summed E-state index contributed by atoms with van der Waals surface area (Å²) in [6, 6.07) is 7.23. The third-order valence-corrected chi connectivity index (χ3v) is 3.86. The smallest absolute Gasteiger partial charge is 0.229 e. The average molecular weight is 367 g/mol. The van der Waals surface area contributed by atoms with Crippen LogP contribution in [0.2, 0.25) is 0 Å². The monoisotopic (exact) mass is 366 g/mol. The Morgan fingerprint density at radius 1 is 1.36 bits per heavy atom. The van der Waals surface area contributed by atoms with Crippen LogP contribution in [0.25, 0.3) is 0 Å². The number of anilines is 1. The second kappa shape index (κ2) is 8.82. The standard InChI is InChI=1S/C17H22N4O3.ClH/c1-11(9-18-2)16(22)19-13-5-7-14(8-6-13)23-10-15-20-17(24-21-15)12-3-4-12;/h5-8,11-12,18H,3-4,9-10H2,1-2H3,(H,19,22);1H. The van der Waals surface area contributed by atoms with E-state index < -0.39 is 0 Å². The second-order valence-electron chi connectivity index (χ2n) is 6.08. The van der Waals surface area contributed by atoms with Crippen LogP contribution >= 0.6 is 12.4 Å². The van der Waals surface area contributed by atoms with E-state index in [1.54, 1.807) is 12.1 Å². The molecule has 1 atom stereocenters. The summed E-state index contributed by atoms with van der Waals surface area (Å²) < 4.78 is 10.8. The van der Waals surface area contributed by atoms with E-state index in [1.165, 1.54) is 0 Å². The van der Waals surface area contributed by atoms with Gasteiger partial charge in [-0.15, -0.1) is 12.4 Å². The Morgan fingerprint density at radius 2 is 2.08 bits per heavy atom. The first-order valence-corrected chi connectivity index (χ1v) is 8.16. The fourth-order valence-corrected chi connectivity index (χ4v) is 2.27. The number of ether oxygens (including phenoxy) is 1. The van der Waals surface area contributed by atoms with Crippen LogP contribution in [0.4, 0.5) is 5.69 Å². The molecule has 1 aromatic carbocycles. The average Bonchev–Trinajstić information content (AvgIpc) is 3.33. The molecular weight excluding hydrogens is 344 g/mol. The van der Waals surface area contributed by atoms with Crippen molar-refractivity contribution in [2.45, 2.75) is 32.3 Å². The molecule has 1 unspecified atom stereocenters. The predicted molar refractivity (Wildman–Crippen MR) is 96.0 cm³/mol. The van der Waals surface area contributed by atoms with Gasteiger partial charge in [-0.3, -0.25) is 4.79 Å². The first kappa shape index (κ1) is 19.2. The van der Waals surface area contributed by atoms with Crippen molar-refractivity contribution < 1.29 is 14.1 Å². The highest BCUT2D eigenvalue weighted by molar-refractivity contribution is 5.92. The Bertz CT molecular complexity index is 685. The van der Waals surface area contributed by atoms with Crippen LogP contribution in [0.3, 0.4) is 0 Å². The highest BCUT2D eigenvalue weighted by atomic mass is 35.5. The van der Waals surface area contributed by atoms with Crippen molar-refractivity contribution in [3.63, 3.8) is 0 Å². The van der Waals surface area contributed by atoms with Gasteiger partial charge >= 0.3 is 0 Å². The number of nitrogens with one attached hydrogen (secondary N) is 2. The van der Waals surface area contributed by atoms with E-state index in [1.807, 2.05) is 26.1 Å². The Morgan fingerprint density at radius 3 is 2.72 bits per heavy atom. The summed E-state index contributed by atoms with van der Waals surface area (Å²) in [4.78, 5) is 16.3. The number of benzene rings is 1. The molecule has 0 aliphatic heterocycles. The molecule has 0 saturated heterocycles. The van der Waals surface area contributed by atoms with Gasteiger partial charge in [0.15, 0.2) is 6.61 Å². The quantitative estimate of drug-likeness (QED) is 0.746. The van der Waals surface area contributed by atoms with E-state index >= 15 is 0 Å². The van der Waals surface area contributed by atoms with Gasteiger partial charge in [-0.2, -0.15) is 4.98 Å². The summed E-state index contributed by atoms with van der Waals surface area (Å²) in [7, 11) is 1.83. The number of carbonyl (C=O) groups is 1. The van der Waals surface area contributed by atoms with E-state index in [0.29, 0.717) is 29.9 Å². The number of carbonyl (C=O) groups excluding carboxylic acids is 1. The molecule has 7 nitrogen and oxygen atoms in total. The maximum absolute atomic E-state index is 12.0. The minimum absolute atomic E-state index is 0. The van der Waals surface area contributed by atoms with Crippen LogP contribution in [0.1, 0.15) is 37.4 Å². The summed E-state index contributed by atoms with van der Waals surface area (Å²) in [5.74, 6) is 2.29. The zero-order valence-electron chi connectivity index (χ0n) is 14.3. The minimum atomic E-state index is -0.0928. The summed E-state index contributed by atoms with van der Waals surface area (Å²) in [5, 5.41) is 9.78. The molecule has 1 aliphatic rings. The van der Waals surface area contributed by atoms with E-state index in [0.717, 1.165) is 18.5 Å². The van der Waals surface area contributed by atoms with Crippen LogP contribution < -0.4 is 15.4 Å². The molecule has 2 aromatic rings. The molecule has 1 amide bonds. The van der Waals surface area contributed by atoms with Crippen molar-refractivity contribution in [3.8, 4) is 5.75 Å². The van der Waals surface area contributed by atoms with Crippen LogP contribution in [-0.2, 0) is 11.4 Å². The Hall–Kier alpha value is -2.12. The van der Waals surface area contributed by atoms with Crippen molar-refractivity contribution in [1.29, 1.82) is 0 Å². The second-order valence-corrected chi connectivity index (χ2v) is 6.08. The van der Waals surface area contributed by atoms with Crippen LogP contribution in [0.5, 0.6) is 5.75 Å². The van der Waals surface area contributed by atoms with Crippen LogP contribution in [0, 0.1) is 5.92 Å². The SMILES string of the molecule is CNCC(C)C(=O)Nc1ccc(OCc2noc(C3CC3)n2)cc1.Cl. The molecule has 0 radical (unpaired) electrons. The predicted octanol–water partition coefficient (Wildman–Crippen LogP) is 2.74. The molecule has 1 heterocycles. The van der Waals surface area contributed by atoms with Crippen molar-refractivity contribution in [1.82, 2.24) is 15.5 Å². The lowest BCUT2D eigenvalue weighted by Gasteiger charge is -2.12. The number of aromatic nitrogens is 2. The molecule has 1 aliphatic carbocycles. The molecule has 25 heavy (non-hydrogen) atoms. The first-order chi connectivity index (χ1) is 11.7. The van der Waals surface area contributed by atoms with Crippen LogP contribution in [-0.4, -0.2) is 29.6 Å². The number of hydrogen-bond acceptors (Lipinski definition) is 6. The van der Waals surface area contributed by atoms with Gasteiger partial charge in [-0.1, -0.05) is 12.1 Å². The maximum atomic E-state index is 12.0. The van der Waals surface area contributed by atoms with Gasteiger partial charge in [0.05, 0.1) is 0 Å². The van der Waals surface area contributed by atoms with Crippen molar-refractivity contribution in [3.05, 3.63) is 36.0 Å². The van der Waals surface area contributed by atoms with Gasteiger partial charge in [0.25, 0.3) is 0 Å². The Balaban J connectivity index is 0.00000225. The maximum Gasteiger partial charge on any atom is 0.229 e. The fraction of sp³-hybridized carbons (Fsp3) is 0.471. The highest BCUT2D eigenvalue weighted by Crippen LogP contribution is 2.38. The fourth-order valence-electron chi connectivity index (χ4n) is 2.27. The van der Waals surface area contributed by atoms with E-state index in [-0.39, 0.29) is 30.8 Å². The molecule has 0 bridgehead atoms. The third-order valence-electron chi connectivity index (χ3n) is 3.86. The summed E-state index contributed by atoms with van der Waals surface area (Å²) >= 11 is 0. The Labute approximate surface area is 152 Å². The van der Waals surface area contributed by atoms with Gasteiger partial charge in [0, 0.05) is 24.1 Å². The lowest BCUT2D eigenvalue weighted by atomic mass is 10.1. The summed E-state index contributed by atoms with van der Waals surface area (Å²) in [6.45, 7) is 2.78. The van der Waals surface area contributed by atoms with E-state index in [4.69, 9.17) is 9.26 Å². The van der Waals surface area contributed by atoms with E-state index in [9.17, 15) is 4.79 Å². The number of amides is 1. The lowest BCUT2D eigenvalue weighted by Crippen LogP contribution is -2.28. The van der Waals surface area contributed by atoms with Gasteiger partial charge < -0.3 is 19.9 Å². The number of hydrogen-bond donors (Lipinski definition) is 2. The van der Waals surface area contributed by atoms with Gasteiger partial charge in [0.1, 0.15) is 5.75 Å². The molecule has 2 N–H and O–H groups in total.